The number of carbonyl (C=O) groups excluding carboxylic acids is 1. The molecule has 4 aromatic rings. The molecule has 33 heavy (non-hydrogen) atoms. The fourth-order valence-corrected chi connectivity index (χ4v) is 3.94. The third-order valence-corrected chi connectivity index (χ3v) is 6.17. The first kappa shape index (κ1) is 22.7. The van der Waals surface area contributed by atoms with Gasteiger partial charge < -0.3 is 14.5 Å². The van der Waals surface area contributed by atoms with Crippen LogP contribution in [0.25, 0.3) is 0 Å². The largest absolute Gasteiger partial charge is 0.486 e. The summed E-state index contributed by atoms with van der Waals surface area (Å²) in [6.07, 6.45) is 1.63. The van der Waals surface area contributed by atoms with E-state index in [0.29, 0.717) is 17.5 Å². The number of aromatic nitrogens is 3. The van der Waals surface area contributed by atoms with Crippen molar-refractivity contribution in [1.29, 1.82) is 0 Å². The van der Waals surface area contributed by atoms with Crippen molar-refractivity contribution in [2.45, 2.75) is 39.1 Å². The van der Waals surface area contributed by atoms with Gasteiger partial charge in [0.1, 0.15) is 18.1 Å². The zero-order chi connectivity index (χ0) is 23.2. The van der Waals surface area contributed by atoms with Crippen LogP contribution in [-0.2, 0) is 17.9 Å². The Kier molecular flexibility index (Phi) is 7.14. The van der Waals surface area contributed by atoms with Crippen LogP contribution in [-0.4, -0.2) is 26.4 Å². The number of thioether (sulfide) groups is 1. The Hall–Kier alpha value is -3.52. The van der Waals surface area contributed by atoms with E-state index in [4.69, 9.17) is 9.15 Å². The highest BCUT2D eigenvalue weighted by atomic mass is 32.2. The third kappa shape index (κ3) is 6.04. The number of amides is 1. The molecular formula is C25H26N4O3S. The SMILES string of the molecule is Cc1ccc(OCc2nnc(SCC(=O)Nc3ccc(C)c(C)c3)n2Cc2ccco2)cc1. The molecule has 0 spiro atoms. The van der Waals surface area contributed by atoms with Crippen LogP contribution in [0.15, 0.2) is 70.4 Å². The van der Waals surface area contributed by atoms with Gasteiger partial charge in [-0.1, -0.05) is 35.5 Å². The van der Waals surface area contributed by atoms with Crippen LogP contribution in [0.5, 0.6) is 5.75 Å². The number of carbonyl (C=O) groups is 1. The molecule has 0 saturated carbocycles. The topological polar surface area (TPSA) is 82.2 Å². The molecule has 0 saturated heterocycles. The molecule has 4 rings (SSSR count). The van der Waals surface area contributed by atoms with E-state index in [1.165, 1.54) is 22.9 Å². The van der Waals surface area contributed by atoms with Crippen LogP contribution in [0.4, 0.5) is 5.69 Å². The standard InChI is InChI=1S/C25H26N4O3S/c1-17-6-10-21(11-7-17)32-15-23-27-28-25(29(23)14-22-5-4-12-31-22)33-16-24(30)26-20-9-8-18(2)19(3)13-20/h4-13H,14-16H2,1-3H3,(H,26,30). The maximum atomic E-state index is 12.5. The van der Waals surface area contributed by atoms with E-state index in [1.54, 1.807) is 6.26 Å². The van der Waals surface area contributed by atoms with Crippen molar-refractivity contribution in [3.8, 4) is 5.75 Å². The number of anilines is 1. The lowest BCUT2D eigenvalue weighted by molar-refractivity contribution is -0.113. The molecule has 0 aliphatic rings. The average Bonchev–Trinajstić information content (AvgIpc) is 3.45. The maximum Gasteiger partial charge on any atom is 0.234 e. The summed E-state index contributed by atoms with van der Waals surface area (Å²) in [5.41, 5.74) is 4.28. The minimum Gasteiger partial charge on any atom is -0.486 e. The van der Waals surface area contributed by atoms with Crippen molar-refractivity contribution >= 4 is 23.4 Å². The molecule has 1 N–H and O–H groups in total. The molecule has 0 radical (unpaired) electrons. The van der Waals surface area contributed by atoms with Crippen LogP contribution in [0, 0.1) is 20.8 Å². The molecular weight excluding hydrogens is 436 g/mol. The molecule has 7 nitrogen and oxygen atoms in total. The molecule has 8 heteroatoms. The minimum absolute atomic E-state index is 0.103. The Bertz CT molecular complexity index is 1220. The molecule has 0 aliphatic heterocycles. The zero-order valence-corrected chi connectivity index (χ0v) is 19.7. The van der Waals surface area contributed by atoms with Crippen molar-refractivity contribution in [2.75, 3.05) is 11.1 Å². The smallest absolute Gasteiger partial charge is 0.234 e. The van der Waals surface area contributed by atoms with E-state index in [2.05, 4.69) is 15.5 Å². The first-order valence-electron chi connectivity index (χ1n) is 10.6. The zero-order valence-electron chi connectivity index (χ0n) is 18.9. The lowest BCUT2D eigenvalue weighted by Gasteiger charge is -2.11. The lowest BCUT2D eigenvalue weighted by Crippen LogP contribution is -2.15. The Morgan fingerprint density at radius 1 is 1.06 bits per heavy atom. The molecule has 0 atom stereocenters. The van der Waals surface area contributed by atoms with Crippen LogP contribution >= 0.6 is 11.8 Å². The first-order valence-corrected chi connectivity index (χ1v) is 11.6. The van der Waals surface area contributed by atoms with Crippen molar-refractivity contribution in [3.05, 3.63) is 89.1 Å². The van der Waals surface area contributed by atoms with Gasteiger partial charge in [0.05, 0.1) is 18.6 Å². The summed E-state index contributed by atoms with van der Waals surface area (Å²) in [5.74, 6) is 2.29. The monoisotopic (exact) mass is 462 g/mol. The highest BCUT2D eigenvalue weighted by molar-refractivity contribution is 7.99. The van der Waals surface area contributed by atoms with Gasteiger partial charge in [-0.3, -0.25) is 9.36 Å². The highest BCUT2D eigenvalue weighted by Gasteiger charge is 2.16. The first-order chi connectivity index (χ1) is 16.0. The van der Waals surface area contributed by atoms with E-state index in [0.717, 1.165) is 22.8 Å². The van der Waals surface area contributed by atoms with Gasteiger partial charge in [0.2, 0.25) is 5.91 Å². The van der Waals surface area contributed by atoms with E-state index in [1.807, 2.05) is 79.9 Å². The summed E-state index contributed by atoms with van der Waals surface area (Å²) in [5, 5.41) is 12.2. The van der Waals surface area contributed by atoms with Crippen molar-refractivity contribution < 1.29 is 13.9 Å². The van der Waals surface area contributed by atoms with Gasteiger partial charge in [-0.25, -0.2) is 0 Å². The van der Waals surface area contributed by atoms with Gasteiger partial charge in [0.25, 0.3) is 0 Å². The quantitative estimate of drug-likeness (QED) is 0.346. The second-order valence-electron chi connectivity index (χ2n) is 7.80. The molecule has 0 unspecified atom stereocenters. The summed E-state index contributed by atoms with van der Waals surface area (Å²) in [4.78, 5) is 12.5. The minimum atomic E-state index is -0.103. The highest BCUT2D eigenvalue weighted by Crippen LogP contribution is 2.22. The molecule has 0 fully saturated rings. The molecule has 2 aromatic heterocycles. The summed E-state index contributed by atoms with van der Waals surface area (Å²) in [6, 6.07) is 17.5. The van der Waals surface area contributed by atoms with E-state index in [9.17, 15) is 4.79 Å². The van der Waals surface area contributed by atoms with Gasteiger partial charge >= 0.3 is 0 Å². The predicted molar refractivity (Wildman–Crippen MR) is 129 cm³/mol. The third-order valence-electron chi connectivity index (χ3n) is 5.20. The number of benzene rings is 2. The number of nitrogens with one attached hydrogen (secondary N) is 1. The summed E-state index contributed by atoms with van der Waals surface area (Å²) >= 11 is 1.33. The lowest BCUT2D eigenvalue weighted by atomic mass is 10.1. The Morgan fingerprint density at radius 3 is 2.61 bits per heavy atom. The van der Waals surface area contributed by atoms with Crippen LogP contribution in [0.1, 0.15) is 28.3 Å². The van der Waals surface area contributed by atoms with Gasteiger partial charge in [-0.2, -0.15) is 0 Å². The second kappa shape index (κ2) is 10.4. The average molecular weight is 463 g/mol. The van der Waals surface area contributed by atoms with E-state index >= 15 is 0 Å². The number of hydrogen-bond acceptors (Lipinski definition) is 6. The number of rotatable bonds is 9. The van der Waals surface area contributed by atoms with Crippen molar-refractivity contribution in [1.82, 2.24) is 14.8 Å². The van der Waals surface area contributed by atoms with E-state index in [-0.39, 0.29) is 18.3 Å². The predicted octanol–water partition coefficient (Wildman–Crippen LogP) is 5.15. The second-order valence-corrected chi connectivity index (χ2v) is 8.74. The molecule has 0 bridgehead atoms. The van der Waals surface area contributed by atoms with Crippen molar-refractivity contribution in [3.63, 3.8) is 0 Å². The Balaban J connectivity index is 1.44. The Morgan fingerprint density at radius 2 is 1.88 bits per heavy atom. The number of ether oxygens (including phenoxy) is 1. The number of aryl methyl sites for hydroxylation is 3. The Labute approximate surface area is 197 Å². The molecule has 170 valence electrons. The number of nitrogens with zero attached hydrogens (tertiary/aromatic N) is 3. The number of furan rings is 1. The van der Waals surface area contributed by atoms with Gasteiger partial charge in [0.15, 0.2) is 11.0 Å². The molecule has 2 heterocycles. The van der Waals surface area contributed by atoms with Crippen LogP contribution in [0.2, 0.25) is 0 Å². The normalized spacial score (nSPS) is 10.9. The number of hydrogen-bond donors (Lipinski definition) is 1. The summed E-state index contributed by atoms with van der Waals surface area (Å²) in [6.45, 7) is 6.81. The van der Waals surface area contributed by atoms with Crippen LogP contribution < -0.4 is 10.1 Å². The molecule has 2 aromatic carbocycles. The fraction of sp³-hybridized carbons (Fsp3) is 0.240. The van der Waals surface area contributed by atoms with Gasteiger partial charge in [-0.15, -0.1) is 10.2 Å². The van der Waals surface area contributed by atoms with E-state index < -0.39 is 0 Å². The molecule has 0 aliphatic carbocycles. The van der Waals surface area contributed by atoms with Crippen LogP contribution in [0.3, 0.4) is 0 Å². The van der Waals surface area contributed by atoms with Crippen molar-refractivity contribution in [2.24, 2.45) is 0 Å². The fourth-order valence-electron chi connectivity index (χ4n) is 3.18. The molecule has 1 amide bonds. The summed E-state index contributed by atoms with van der Waals surface area (Å²) in [7, 11) is 0. The van der Waals surface area contributed by atoms with Gasteiger partial charge in [-0.05, 0) is 68.3 Å². The van der Waals surface area contributed by atoms with Gasteiger partial charge in [0, 0.05) is 5.69 Å². The summed E-state index contributed by atoms with van der Waals surface area (Å²) < 4.78 is 13.3. The maximum absolute atomic E-state index is 12.5.